The van der Waals surface area contributed by atoms with Gasteiger partial charge in [0.1, 0.15) is 5.01 Å². The first-order valence-corrected chi connectivity index (χ1v) is 9.29. The van der Waals surface area contributed by atoms with Crippen molar-refractivity contribution in [1.82, 2.24) is 4.98 Å². The fourth-order valence-corrected chi connectivity index (χ4v) is 3.30. The van der Waals surface area contributed by atoms with Crippen molar-refractivity contribution < 1.29 is 27.5 Å². The number of hydrogen-bond donors (Lipinski definition) is 1. The first-order valence-electron chi connectivity index (χ1n) is 8.09. The molecule has 29 heavy (non-hydrogen) atoms. The second-order valence-corrected chi connectivity index (χ2v) is 7.17. The van der Waals surface area contributed by atoms with Gasteiger partial charge in [0.25, 0.3) is 5.91 Å². The summed E-state index contributed by atoms with van der Waals surface area (Å²) in [5.41, 5.74) is -0.400. The number of carbonyl (C=O) groups is 2. The van der Waals surface area contributed by atoms with E-state index >= 15 is 0 Å². The fourth-order valence-electron chi connectivity index (χ4n) is 2.27. The molecular weight excluding hydrogens is 429 g/mol. The summed E-state index contributed by atoms with van der Waals surface area (Å²) in [5.74, 6) is -1.62. The Morgan fingerprint density at radius 2 is 1.97 bits per heavy atom. The predicted octanol–water partition coefficient (Wildman–Crippen LogP) is 5.16. The Hall–Kier alpha value is -2.91. The van der Waals surface area contributed by atoms with Crippen LogP contribution >= 0.6 is 22.9 Å². The number of thiazole rings is 1. The maximum absolute atomic E-state index is 12.7. The molecule has 2 aromatic carbocycles. The van der Waals surface area contributed by atoms with Crippen molar-refractivity contribution in [3.8, 4) is 0 Å². The third-order valence-corrected chi connectivity index (χ3v) is 4.92. The summed E-state index contributed by atoms with van der Waals surface area (Å²) in [6.45, 7) is -0.685. The van der Waals surface area contributed by atoms with Crippen LogP contribution in [0.4, 0.5) is 18.9 Å². The van der Waals surface area contributed by atoms with Crippen LogP contribution in [-0.2, 0) is 20.5 Å². The number of para-hydroxylation sites is 1. The van der Waals surface area contributed by atoms with Gasteiger partial charge in [-0.3, -0.25) is 4.79 Å². The number of nitrogens with zero attached hydrogens (tertiary/aromatic N) is 1. The number of rotatable bonds is 5. The minimum Gasteiger partial charge on any atom is -0.452 e. The molecule has 0 bridgehead atoms. The number of aromatic nitrogens is 1. The molecule has 0 saturated carbocycles. The number of anilines is 1. The first kappa shape index (κ1) is 20.8. The summed E-state index contributed by atoms with van der Waals surface area (Å²) >= 11 is 7.18. The molecule has 0 radical (unpaired) electrons. The molecular formula is C19H12ClF3N2O3S. The molecule has 1 amide bonds. The molecule has 5 nitrogen and oxygen atoms in total. The minimum absolute atomic E-state index is 0.0755. The number of ether oxygens (including phenoxy) is 1. The van der Waals surface area contributed by atoms with Gasteiger partial charge in [0.2, 0.25) is 0 Å². The largest absolute Gasteiger partial charge is 0.452 e. The van der Waals surface area contributed by atoms with E-state index in [0.717, 1.165) is 28.4 Å². The van der Waals surface area contributed by atoms with E-state index in [1.807, 2.05) is 24.3 Å². The Morgan fingerprint density at radius 3 is 2.69 bits per heavy atom. The number of nitrogens with one attached hydrogen (secondary N) is 1. The van der Waals surface area contributed by atoms with Gasteiger partial charge in [-0.2, -0.15) is 13.2 Å². The van der Waals surface area contributed by atoms with Crippen LogP contribution in [0.3, 0.4) is 0 Å². The van der Waals surface area contributed by atoms with Crippen LogP contribution < -0.4 is 5.32 Å². The molecule has 10 heteroatoms. The molecule has 0 aliphatic carbocycles. The average molecular weight is 441 g/mol. The van der Waals surface area contributed by atoms with Crippen LogP contribution in [0, 0.1) is 0 Å². The topological polar surface area (TPSA) is 68.3 Å². The lowest BCUT2D eigenvalue weighted by atomic mass is 10.2. The van der Waals surface area contributed by atoms with E-state index in [9.17, 15) is 22.8 Å². The summed E-state index contributed by atoms with van der Waals surface area (Å²) in [6.07, 6.45) is -2.02. The molecule has 150 valence electrons. The van der Waals surface area contributed by atoms with E-state index in [4.69, 9.17) is 16.3 Å². The molecule has 0 aliphatic rings. The molecule has 1 aromatic heterocycles. The predicted molar refractivity (Wildman–Crippen MR) is 105 cm³/mol. The lowest BCUT2D eigenvalue weighted by molar-refractivity contribution is -0.142. The quantitative estimate of drug-likeness (QED) is 0.439. The number of carbonyl (C=O) groups excluding carboxylic acids is 2. The fraction of sp³-hybridized carbons (Fsp3) is 0.105. The molecule has 1 N–H and O–H groups in total. The highest BCUT2D eigenvalue weighted by Crippen LogP contribution is 2.33. The lowest BCUT2D eigenvalue weighted by Gasteiger charge is -2.11. The Kier molecular flexibility index (Phi) is 6.19. The zero-order chi connectivity index (χ0) is 21.0. The summed E-state index contributed by atoms with van der Waals surface area (Å²) in [5, 5.41) is 2.70. The van der Waals surface area contributed by atoms with Crippen LogP contribution in [0.5, 0.6) is 0 Å². The van der Waals surface area contributed by atoms with Crippen LogP contribution in [-0.4, -0.2) is 23.5 Å². The molecule has 0 aliphatic heterocycles. The molecule has 0 fully saturated rings. The smallest absolute Gasteiger partial charge is 0.416 e. The Labute approximate surface area is 171 Å². The number of fused-ring (bicyclic) bond motifs is 1. The maximum atomic E-state index is 12.7. The number of hydrogen-bond acceptors (Lipinski definition) is 5. The monoisotopic (exact) mass is 440 g/mol. The number of esters is 1. The average Bonchev–Trinajstić information content (AvgIpc) is 3.08. The van der Waals surface area contributed by atoms with Crippen molar-refractivity contribution in [3.05, 3.63) is 64.1 Å². The molecule has 0 unspecified atom stereocenters. The van der Waals surface area contributed by atoms with Crippen LogP contribution in [0.2, 0.25) is 5.02 Å². The third-order valence-electron chi connectivity index (χ3n) is 3.59. The Bertz CT molecular complexity index is 1060. The molecule has 0 saturated heterocycles. The third kappa shape index (κ3) is 5.55. The van der Waals surface area contributed by atoms with E-state index < -0.39 is 30.2 Å². The highest BCUT2D eigenvalue weighted by molar-refractivity contribution is 7.19. The van der Waals surface area contributed by atoms with Gasteiger partial charge in [-0.15, -0.1) is 11.3 Å². The zero-order valence-corrected chi connectivity index (χ0v) is 16.1. The van der Waals surface area contributed by atoms with Gasteiger partial charge in [0.05, 0.1) is 26.5 Å². The van der Waals surface area contributed by atoms with E-state index in [1.54, 1.807) is 0 Å². The van der Waals surface area contributed by atoms with Crippen LogP contribution in [0.25, 0.3) is 16.3 Å². The lowest BCUT2D eigenvalue weighted by Crippen LogP contribution is -2.20. The zero-order valence-electron chi connectivity index (χ0n) is 14.5. The van der Waals surface area contributed by atoms with E-state index in [1.165, 1.54) is 17.4 Å². The Balaban J connectivity index is 1.55. The van der Waals surface area contributed by atoms with Crippen LogP contribution in [0.15, 0.2) is 48.5 Å². The van der Waals surface area contributed by atoms with Gasteiger partial charge in [-0.25, -0.2) is 9.78 Å². The van der Waals surface area contributed by atoms with E-state index in [0.29, 0.717) is 11.1 Å². The number of alkyl halides is 3. The standard InChI is InChI=1S/C19H12ClF3N2O3S/c20-12-6-5-11(19(21,22)23)9-14(12)24-16(26)10-28-18(27)8-7-17-25-13-3-1-2-4-15(13)29-17/h1-9H,10H2,(H,24,26)/b8-7+. The highest BCUT2D eigenvalue weighted by Gasteiger charge is 2.31. The summed E-state index contributed by atoms with van der Waals surface area (Å²) in [7, 11) is 0. The molecule has 0 spiro atoms. The van der Waals surface area contributed by atoms with Gasteiger partial charge in [-0.1, -0.05) is 23.7 Å². The minimum atomic E-state index is -4.58. The second-order valence-electron chi connectivity index (χ2n) is 5.70. The molecule has 3 rings (SSSR count). The highest BCUT2D eigenvalue weighted by atomic mass is 35.5. The van der Waals surface area contributed by atoms with Gasteiger partial charge in [0.15, 0.2) is 6.61 Å². The second kappa shape index (κ2) is 8.62. The van der Waals surface area contributed by atoms with Gasteiger partial charge in [0, 0.05) is 6.08 Å². The summed E-state index contributed by atoms with van der Waals surface area (Å²) in [6, 6.07) is 9.97. The van der Waals surface area contributed by atoms with E-state index in [2.05, 4.69) is 10.3 Å². The number of amides is 1. The van der Waals surface area contributed by atoms with E-state index in [-0.39, 0.29) is 10.7 Å². The maximum Gasteiger partial charge on any atom is 0.416 e. The molecule has 0 atom stereocenters. The normalized spacial score (nSPS) is 11.7. The number of benzene rings is 2. The van der Waals surface area contributed by atoms with Crippen molar-refractivity contribution in [2.75, 3.05) is 11.9 Å². The van der Waals surface area contributed by atoms with Gasteiger partial charge >= 0.3 is 12.1 Å². The van der Waals surface area contributed by atoms with Crippen molar-refractivity contribution >= 4 is 56.8 Å². The molecule has 1 heterocycles. The van der Waals surface area contributed by atoms with Gasteiger partial charge in [-0.05, 0) is 36.4 Å². The van der Waals surface area contributed by atoms with Crippen molar-refractivity contribution in [1.29, 1.82) is 0 Å². The molecule has 3 aromatic rings. The van der Waals surface area contributed by atoms with Crippen molar-refractivity contribution in [2.45, 2.75) is 6.18 Å². The first-order chi connectivity index (χ1) is 13.7. The summed E-state index contributed by atoms with van der Waals surface area (Å²) < 4.78 is 44.0. The summed E-state index contributed by atoms with van der Waals surface area (Å²) in [4.78, 5) is 27.9. The van der Waals surface area contributed by atoms with Crippen molar-refractivity contribution in [2.24, 2.45) is 0 Å². The SMILES string of the molecule is O=C(COC(=O)/C=C/c1nc2ccccc2s1)Nc1cc(C(F)(F)F)ccc1Cl. The number of halogens is 4. The van der Waals surface area contributed by atoms with Crippen LogP contribution in [0.1, 0.15) is 10.6 Å². The van der Waals surface area contributed by atoms with Crippen molar-refractivity contribution in [3.63, 3.8) is 0 Å². The van der Waals surface area contributed by atoms with Gasteiger partial charge < -0.3 is 10.1 Å². The Morgan fingerprint density at radius 1 is 1.21 bits per heavy atom.